The topological polar surface area (TPSA) is 51.1 Å². The molecule has 162 valence electrons. The maximum Gasteiger partial charge on any atom is 0.171 e. The van der Waals surface area contributed by atoms with Crippen LogP contribution in [-0.2, 0) is 17.9 Å². The van der Waals surface area contributed by atoms with E-state index in [0.717, 1.165) is 22.4 Å². The van der Waals surface area contributed by atoms with Crippen molar-refractivity contribution in [1.82, 2.24) is 15.1 Å². The first kappa shape index (κ1) is 21.7. The highest BCUT2D eigenvalue weighted by Gasteiger charge is 2.15. The summed E-state index contributed by atoms with van der Waals surface area (Å²) in [7, 11) is 0. The lowest BCUT2D eigenvalue weighted by Crippen LogP contribution is -2.32. The van der Waals surface area contributed by atoms with E-state index in [4.69, 9.17) is 17.0 Å². The van der Waals surface area contributed by atoms with Gasteiger partial charge in [-0.15, -0.1) is 0 Å². The molecule has 32 heavy (non-hydrogen) atoms. The van der Waals surface area contributed by atoms with Gasteiger partial charge in [-0.3, -0.25) is 4.68 Å². The Hall–Kier alpha value is -3.48. The number of ether oxygens (including phenoxy) is 1. The fourth-order valence-corrected chi connectivity index (χ4v) is 3.66. The van der Waals surface area contributed by atoms with Gasteiger partial charge >= 0.3 is 0 Å². The van der Waals surface area contributed by atoms with Crippen LogP contribution in [0.5, 0.6) is 0 Å². The van der Waals surface area contributed by atoms with Crippen LogP contribution in [-0.4, -0.2) is 21.5 Å². The number of anilines is 1. The van der Waals surface area contributed by atoms with E-state index in [1.54, 1.807) is 6.20 Å². The maximum absolute atomic E-state index is 5.75. The third kappa shape index (κ3) is 6.26. The van der Waals surface area contributed by atoms with Crippen molar-refractivity contribution in [2.24, 2.45) is 0 Å². The number of nitrogens with one attached hydrogen (secondary N) is 2. The Morgan fingerprint density at radius 1 is 0.875 bits per heavy atom. The summed E-state index contributed by atoms with van der Waals surface area (Å²) in [6, 6.07) is 30.7. The quantitative estimate of drug-likeness (QED) is 0.276. The van der Waals surface area contributed by atoms with Crippen LogP contribution in [0.4, 0.5) is 5.69 Å². The van der Waals surface area contributed by atoms with Gasteiger partial charge in [-0.2, -0.15) is 5.10 Å². The van der Waals surface area contributed by atoms with E-state index in [1.807, 2.05) is 65.5 Å². The summed E-state index contributed by atoms with van der Waals surface area (Å²) in [5.41, 5.74) is 4.30. The van der Waals surface area contributed by atoms with Gasteiger partial charge in [0.15, 0.2) is 5.11 Å². The zero-order chi connectivity index (χ0) is 22.0. The second kappa shape index (κ2) is 11.2. The van der Waals surface area contributed by atoms with Crippen LogP contribution >= 0.6 is 12.2 Å². The van der Waals surface area contributed by atoms with Crippen molar-refractivity contribution in [2.45, 2.75) is 19.2 Å². The first-order valence-electron chi connectivity index (χ1n) is 10.6. The van der Waals surface area contributed by atoms with E-state index in [0.29, 0.717) is 24.9 Å². The van der Waals surface area contributed by atoms with E-state index in [1.165, 1.54) is 0 Å². The number of rotatable bonds is 9. The van der Waals surface area contributed by atoms with E-state index in [-0.39, 0.29) is 6.04 Å². The first-order chi connectivity index (χ1) is 15.8. The predicted molar refractivity (Wildman–Crippen MR) is 132 cm³/mol. The molecule has 4 aromatic rings. The van der Waals surface area contributed by atoms with Crippen molar-refractivity contribution in [1.29, 1.82) is 0 Å². The van der Waals surface area contributed by atoms with Crippen molar-refractivity contribution in [2.75, 3.05) is 11.9 Å². The highest BCUT2D eigenvalue weighted by molar-refractivity contribution is 7.80. The van der Waals surface area contributed by atoms with Gasteiger partial charge in [-0.1, -0.05) is 91.0 Å². The van der Waals surface area contributed by atoms with Crippen LogP contribution in [0, 0.1) is 0 Å². The maximum atomic E-state index is 5.75. The average Bonchev–Trinajstić information content (AvgIpc) is 3.29. The molecule has 1 aromatic heterocycles. The Morgan fingerprint density at radius 3 is 2.09 bits per heavy atom. The molecule has 2 N–H and O–H groups in total. The molecule has 0 unspecified atom stereocenters. The number of nitrogens with zero attached hydrogens (tertiary/aromatic N) is 2. The molecule has 0 aliphatic heterocycles. The van der Waals surface area contributed by atoms with Crippen LogP contribution in [0.2, 0.25) is 0 Å². The van der Waals surface area contributed by atoms with Crippen LogP contribution in [0.25, 0.3) is 0 Å². The van der Waals surface area contributed by atoms with Crippen molar-refractivity contribution >= 4 is 23.0 Å². The second-order valence-electron chi connectivity index (χ2n) is 7.38. The largest absolute Gasteiger partial charge is 0.375 e. The molecule has 6 heteroatoms. The standard InChI is InChI=1S/C26H26N4OS/c32-26(29-25(22-12-6-2-7-13-22)23-14-8-3-9-15-23)28-24-18-27-30(19-24)16-17-31-20-21-10-4-1-5-11-21/h1-15,18-19,25H,16-17,20H2,(H2,28,29,32). The summed E-state index contributed by atoms with van der Waals surface area (Å²) in [5, 5.41) is 11.6. The zero-order valence-electron chi connectivity index (χ0n) is 17.7. The number of hydrogen-bond acceptors (Lipinski definition) is 3. The molecule has 4 rings (SSSR count). The lowest BCUT2D eigenvalue weighted by molar-refractivity contribution is 0.111. The van der Waals surface area contributed by atoms with Gasteiger partial charge < -0.3 is 15.4 Å². The Balaban J connectivity index is 1.31. The first-order valence-corrected chi connectivity index (χ1v) is 11.0. The van der Waals surface area contributed by atoms with Gasteiger partial charge in [-0.25, -0.2) is 0 Å². The third-order valence-electron chi connectivity index (χ3n) is 5.01. The fraction of sp³-hybridized carbons (Fsp3) is 0.154. The molecule has 0 fully saturated rings. The van der Waals surface area contributed by atoms with Gasteiger partial charge in [0.05, 0.1) is 37.7 Å². The Bertz CT molecular complexity index is 1060. The van der Waals surface area contributed by atoms with E-state index < -0.39 is 0 Å². The predicted octanol–water partition coefficient (Wildman–Crippen LogP) is 5.18. The smallest absolute Gasteiger partial charge is 0.171 e. The fourth-order valence-electron chi connectivity index (χ4n) is 3.42. The Kier molecular flexibility index (Phi) is 7.63. The highest BCUT2D eigenvalue weighted by atomic mass is 32.1. The molecule has 0 atom stereocenters. The minimum absolute atomic E-state index is 0.0427. The average molecular weight is 443 g/mol. The Labute approximate surface area is 194 Å². The van der Waals surface area contributed by atoms with Crippen molar-refractivity contribution in [3.63, 3.8) is 0 Å². The minimum atomic E-state index is -0.0427. The van der Waals surface area contributed by atoms with Gasteiger partial charge in [0, 0.05) is 6.20 Å². The Morgan fingerprint density at radius 2 is 1.47 bits per heavy atom. The number of thiocarbonyl (C=S) groups is 1. The van der Waals surface area contributed by atoms with Gasteiger partial charge in [0.2, 0.25) is 0 Å². The number of benzene rings is 3. The minimum Gasteiger partial charge on any atom is -0.375 e. The monoisotopic (exact) mass is 442 g/mol. The van der Waals surface area contributed by atoms with E-state index in [2.05, 4.69) is 52.1 Å². The third-order valence-corrected chi connectivity index (χ3v) is 5.23. The van der Waals surface area contributed by atoms with Crippen LogP contribution in [0.1, 0.15) is 22.7 Å². The molecule has 0 saturated carbocycles. The molecule has 3 aromatic carbocycles. The summed E-state index contributed by atoms with van der Waals surface area (Å²) >= 11 is 5.60. The molecule has 0 saturated heterocycles. The molecule has 0 aliphatic carbocycles. The molecule has 0 spiro atoms. The SMILES string of the molecule is S=C(Nc1cnn(CCOCc2ccccc2)c1)NC(c1ccccc1)c1ccccc1. The normalized spacial score (nSPS) is 10.8. The number of aromatic nitrogens is 2. The molecule has 0 amide bonds. The zero-order valence-corrected chi connectivity index (χ0v) is 18.5. The lowest BCUT2D eigenvalue weighted by atomic mass is 9.99. The van der Waals surface area contributed by atoms with Gasteiger partial charge in [0.1, 0.15) is 0 Å². The summed E-state index contributed by atoms with van der Waals surface area (Å²) in [6.45, 7) is 1.86. The summed E-state index contributed by atoms with van der Waals surface area (Å²) < 4.78 is 7.59. The van der Waals surface area contributed by atoms with Crippen LogP contribution in [0.3, 0.4) is 0 Å². The molecular weight excluding hydrogens is 416 g/mol. The summed E-state index contributed by atoms with van der Waals surface area (Å²) in [5.74, 6) is 0. The van der Waals surface area contributed by atoms with Gasteiger partial charge in [-0.05, 0) is 28.9 Å². The number of hydrogen-bond donors (Lipinski definition) is 2. The van der Waals surface area contributed by atoms with E-state index in [9.17, 15) is 0 Å². The molecule has 0 aliphatic rings. The van der Waals surface area contributed by atoms with Crippen LogP contribution in [0.15, 0.2) is 103 Å². The lowest BCUT2D eigenvalue weighted by Gasteiger charge is -2.21. The molecule has 0 bridgehead atoms. The van der Waals surface area contributed by atoms with Crippen molar-refractivity contribution < 1.29 is 4.74 Å². The molecule has 5 nitrogen and oxygen atoms in total. The van der Waals surface area contributed by atoms with E-state index >= 15 is 0 Å². The van der Waals surface area contributed by atoms with Crippen molar-refractivity contribution in [3.8, 4) is 0 Å². The molecule has 1 heterocycles. The molecule has 0 radical (unpaired) electrons. The summed E-state index contributed by atoms with van der Waals surface area (Å²) in [4.78, 5) is 0. The second-order valence-corrected chi connectivity index (χ2v) is 7.79. The highest BCUT2D eigenvalue weighted by Crippen LogP contribution is 2.22. The van der Waals surface area contributed by atoms with Crippen molar-refractivity contribution in [3.05, 3.63) is 120 Å². The van der Waals surface area contributed by atoms with Gasteiger partial charge in [0.25, 0.3) is 0 Å². The summed E-state index contributed by atoms with van der Waals surface area (Å²) in [6.07, 6.45) is 3.70. The molecular formula is C26H26N4OS. The van der Waals surface area contributed by atoms with Crippen LogP contribution < -0.4 is 10.6 Å².